The van der Waals surface area contributed by atoms with Crippen molar-refractivity contribution in [2.75, 3.05) is 0 Å². The van der Waals surface area contributed by atoms with Gasteiger partial charge in [0.1, 0.15) is 11.1 Å². The van der Waals surface area contributed by atoms with Crippen LogP contribution >= 0.6 is 11.6 Å². The molecule has 1 saturated carbocycles. The molecular weight excluding hydrogens is 530 g/mol. The van der Waals surface area contributed by atoms with E-state index < -0.39 is 11.2 Å². The number of aromatic nitrogens is 6. The number of benzene rings is 1. The van der Waals surface area contributed by atoms with Crippen LogP contribution in [0.25, 0.3) is 33.3 Å². The van der Waals surface area contributed by atoms with Crippen molar-refractivity contribution in [1.82, 2.24) is 33.8 Å². The third-order valence-electron chi connectivity index (χ3n) is 7.31. The summed E-state index contributed by atoms with van der Waals surface area (Å²) < 4.78 is 6.27. The molecule has 11 heteroatoms. The fourth-order valence-corrected chi connectivity index (χ4v) is 5.33. The van der Waals surface area contributed by atoms with Gasteiger partial charge in [-0.25, -0.2) is 4.79 Å². The number of halogens is 1. The second-order valence-corrected chi connectivity index (χ2v) is 11.4. The Hall–Kier alpha value is -4.18. The maximum atomic E-state index is 13.7. The summed E-state index contributed by atoms with van der Waals surface area (Å²) >= 11 is 6.33. The molecule has 0 bridgehead atoms. The van der Waals surface area contributed by atoms with Gasteiger partial charge in [0.05, 0.1) is 23.3 Å². The van der Waals surface area contributed by atoms with Crippen molar-refractivity contribution >= 4 is 39.4 Å². The Morgan fingerprint density at radius 3 is 2.65 bits per heavy atom. The molecule has 0 atom stereocenters. The van der Waals surface area contributed by atoms with E-state index in [1.54, 1.807) is 33.8 Å². The van der Waals surface area contributed by atoms with Crippen LogP contribution < -0.4 is 16.6 Å². The SMILES string of the molecule is CC(C)Cn1c(=O)n(C)c(=O)c2c(-c3cc(C(=O)NC4CC4)cn3C)n(Cc3ccnc4ccc(Cl)cc34)nc21. The molecule has 5 aromatic rings. The van der Waals surface area contributed by atoms with E-state index in [1.165, 1.54) is 7.05 Å². The molecule has 0 radical (unpaired) electrons. The highest BCUT2D eigenvalue weighted by Gasteiger charge is 2.28. The van der Waals surface area contributed by atoms with Gasteiger partial charge in [0.2, 0.25) is 0 Å². The van der Waals surface area contributed by atoms with Crippen LogP contribution in [-0.2, 0) is 27.2 Å². The first kappa shape index (κ1) is 26.1. The minimum Gasteiger partial charge on any atom is -0.349 e. The topological polar surface area (TPSA) is 109 Å². The van der Waals surface area contributed by atoms with Crippen molar-refractivity contribution in [1.29, 1.82) is 0 Å². The van der Waals surface area contributed by atoms with E-state index >= 15 is 0 Å². The van der Waals surface area contributed by atoms with Gasteiger partial charge in [-0.1, -0.05) is 25.4 Å². The van der Waals surface area contributed by atoms with E-state index in [4.69, 9.17) is 16.7 Å². The monoisotopic (exact) mass is 559 g/mol. The number of amides is 1. The molecule has 1 N–H and O–H groups in total. The van der Waals surface area contributed by atoms with E-state index in [1.807, 2.05) is 43.7 Å². The fraction of sp³-hybridized carbons (Fsp3) is 0.345. The van der Waals surface area contributed by atoms with Crippen molar-refractivity contribution < 1.29 is 4.79 Å². The van der Waals surface area contributed by atoms with Crippen LogP contribution in [0.4, 0.5) is 0 Å². The highest BCUT2D eigenvalue weighted by atomic mass is 35.5. The van der Waals surface area contributed by atoms with E-state index in [2.05, 4.69) is 10.3 Å². The number of nitrogens with zero attached hydrogens (tertiary/aromatic N) is 6. The summed E-state index contributed by atoms with van der Waals surface area (Å²) in [6.45, 7) is 4.71. The highest BCUT2D eigenvalue weighted by molar-refractivity contribution is 6.31. The summed E-state index contributed by atoms with van der Waals surface area (Å²) in [5, 5.41) is 9.69. The summed E-state index contributed by atoms with van der Waals surface area (Å²) in [7, 11) is 3.32. The van der Waals surface area contributed by atoms with Gasteiger partial charge in [0.25, 0.3) is 11.5 Å². The lowest BCUT2D eigenvalue weighted by molar-refractivity contribution is 0.0951. The standard InChI is InChI=1S/C29H30ClN7O3/c1-16(2)13-36-26-24(28(39)35(4)29(36)40)25(23-11-18(14-34(23)3)27(38)32-20-6-7-20)37(33-26)15-17-9-10-31-22-8-5-19(30)12-21(17)22/h5,8-12,14,16,20H,6-7,13,15H2,1-4H3,(H,32,38). The fourth-order valence-electron chi connectivity index (χ4n) is 5.16. The molecular formula is C29H30ClN7O3. The molecule has 6 rings (SSSR count). The van der Waals surface area contributed by atoms with E-state index in [9.17, 15) is 14.4 Å². The number of carbonyl (C=O) groups excluding carboxylic acids is 1. The van der Waals surface area contributed by atoms with Gasteiger partial charge in [-0.05, 0) is 54.7 Å². The normalized spacial score (nSPS) is 13.6. The maximum Gasteiger partial charge on any atom is 0.332 e. The molecule has 4 aromatic heterocycles. The Labute approximate surface area is 234 Å². The molecule has 40 heavy (non-hydrogen) atoms. The maximum absolute atomic E-state index is 13.7. The summed E-state index contributed by atoms with van der Waals surface area (Å²) in [5.74, 6) is -0.00912. The first-order valence-electron chi connectivity index (χ1n) is 13.3. The molecule has 1 aliphatic carbocycles. The van der Waals surface area contributed by atoms with Gasteiger partial charge in [-0.3, -0.25) is 28.4 Å². The molecule has 0 unspecified atom stereocenters. The Kier molecular flexibility index (Phi) is 6.37. The molecule has 4 heterocycles. The van der Waals surface area contributed by atoms with Gasteiger partial charge in [0, 0.05) is 49.5 Å². The van der Waals surface area contributed by atoms with Crippen LogP contribution in [0.1, 0.15) is 42.6 Å². The highest BCUT2D eigenvalue weighted by Crippen LogP contribution is 2.30. The smallest absolute Gasteiger partial charge is 0.332 e. The Bertz CT molecular complexity index is 1920. The molecule has 0 aliphatic heterocycles. The predicted molar refractivity (Wildman–Crippen MR) is 155 cm³/mol. The van der Waals surface area contributed by atoms with Crippen molar-refractivity contribution in [3.63, 3.8) is 0 Å². The number of nitrogens with one attached hydrogen (secondary N) is 1. The Morgan fingerprint density at radius 1 is 1.15 bits per heavy atom. The van der Waals surface area contributed by atoms with Crippen LogP contribution in [0.3, 0.4) is 0 Å². The average molecular weight is 560 g/mol. The second-order valence-electron chi connectivity index (χ2n) is 11.0. The van der Waals surface area contributed by atoms with Crippen molar-refractivity contribution in [3.05, 3.63) is 79.7 Å². The Morgan fingerprint density at radius 2 is 1.93 bits per heavy atom. The second kappa shape index (κ2) is 9.78. The number of rotatable bonds is 7. The number of aryl methyl sites for hydroxylation is 1. The van der Waals surface area contributed by atoms with Gasteiger partial charge in [0.15, 0.2) is 5.65 Å². The number of hydrogen-bond donors (Lipinski definition) is 1. The molecule has 1 aromatic carbocycles. The van der Waals surface area contributed by atoms with Crippen molar-refractivity contribution in [2.24, 2.45) is 20.0 Å². The van der Waals surface area contributed by atoms with Crippen LogP contribution in [-0.4, -0.2) is 40.4 Å². The van der Waals surface area contributed by atoms with E-state index in [-0.39, 0.29) is 24.4 Å². The van der Waals surface area contributed by atoms with Crippen LogP contribution in [0.2, 0.25) is 5.02 Å². The van der Waals surface area contributed by atoms with Crippen molar-refractivity contribution in [2.45, 2.75) is 45.8 Å². The summed E-state index contributed by atoms with van der Waals surface area (Å²) in [6.07, 6.45) is 5.45. The minimum absolute atomic E-state index is 0.144. The zero-order chi connectivity index (χ0) is 28.3. The molecule has 10 nitrogen and oxygen atoms in total. The summed E-state index contributed by atoms with van der Waals surface area (Å²) in [6, 6.07) is 9.41. The molecule has 1 aliphatic rings. The van der Waals surface area contributed by atoms with Crippen molar-refractivity contribution in [3.8, 4) is 11.4 Å². The number of hydrogen-bond acceptors (Lipinski definition) is 5. The Balaban J connectivity index is 1.62. The van der Waals surface area contributed by atoms with E-state index in [0.717, 1.165) is 33.9 Å². The third-order valence-corrected chi connectivity index (χ3v) is 7.55. The number of pyridine rings is 1. The third kappa shape index (κ3) is 4.52. The average Bonchev–Trinajstić information content (AvgIpc) is 3.53. The van der Waals surface area contributed by atoms with E-state index in [0.29, 0.717) is 39.6 Å². The minimum atomic E-state index is -0.436. The van der Waals surface area contributed by atoms with Crippen LogP contribution in [0.5, 0.6) is 0 Å². The zero-order valence-electron chi connectivity index (χ0n) is 22.8. The quantitative estimate of drug-likeness (QED) is 0.327. The predicted octanol–water partition coefficient (Wildman–Crippen LogP) is 3.70. The first-order valence-corrected chi connectivity index (χ1v) is 13.7. The lowest BCUT2D eigenvalue weighted by Gasteiger charge is -2.11. The number of fused-ring (bicyclic) bond motifs is 2. The summed E-state index contributed by atoms with van der Waals surface area (Å²) in [5.41, 5.74) is 2.83. The van der Waals surface area contributed by atoms with Gasteiger partial charge >= 0.3 is 5.69 Å². The van der Waals surface area contributed by atoms with Crippen LogP contribution in [0.15, 0.2) is 52.3 Å². The lowest BCUT2D eigenvalue weighted by Crippen LogP contribution is -2.38. The largest absolute Gasteiger partial charge is 0.349 e. The van der Waals surface area contributed by atoms with Gasteiger partial charge in [-0.15, -0.1) is 0 Å². The first-order chi connectivity index (χ1) is 19.1. The number of carbonyl (C=O) groups is 1. The summed E-state index contributed by atoms with van der Waals surface area (Å²) in [4.78, 5) is 44.3. The lowest BCUT2D eigenvalue weighted by atomic mass is 10.1. The van der Waals surface area contributed by atoms with Gasteiger partial charge in [-0.2, -0.15) is 5.10 Å². The zero-order valence-corrected chi connectivity index (χ0v) is 23.6. The molecule has 0 spiro atoms. The molecule has 1 fully saturated rings. The molecule has 0 saturated heterocycles. The molecule has 206 valence electrons. The van der Waals surface area contributed by atoms with Crippen LogP contribution in [0, 0.1) is 5.92 Å². The van der Waals surface area contributed by atoms with Gasteiger partial charge < -0.3 is 9.88 Å². The molecule has 1 amide bonds.